The predicted molar refractivity (Wildman–Crippen MR) is 119 cm³/mol. The minimum absolute atomic E-state index is 0.173. The highest BCUT2D eigenvalue weighted by atomic mass is 32.2. The van der Waals surface area contributed by atoms with Crippen LogP contribution in [-0.2, 0) is 22.7 Å². The van der Waals surface area contributed by atoms with Crippen LogP contribution in [0.3, 0.4) is 0 Å². The SMILES string of the molecule is CC1(P)C=C2SC(c3cc[n+](CCCC(=O)OCc4ccccc4)cc3)=NN2N=N1. The number of thioether (sulfide) groups is 1. The van der Waals surface area contributed by atoms with Crippen LogP contribution >= 0.6 is 21.0 Å². The van der Waals surface area contributed by atoms with Gasteiger partial charge in [-0.2, -0.15) is 5.11 Å². The minimum Gasteiger partial charge on any atom is -0.461 e. The van der Waals surface area contributed by atoms with Gasteiger partial charge in [-0.15, -0.1) is 19.5 Å². The Labute approximate surface area is 182 Å². The number of hydrogen-bond donors (Lipinski definition) is 0. The van der Waals surface area contributed by atoms with Crippen LogP contribution < -0.4 is 4.57 Å². The topological polar surface area (TPSA) is 70.5 Å². The smallest absolute Gasteiger partial charge is 0.306 e. The van der Waals surface area contributed by atoms with Gasteiger partial charge in [0.2, 0.25) is 0 Å². The quantitative estimate of drug-likeness (QED) is 0.370. The Kier molecular flexibility index (Phi) is 6.25. The molecule has 2 atom stereocenters. The van der Waals surface area contributed by atoms with E-state index in [4.69, 9.17) is 4.74 Å². The van der Waals surface area contributed by atoms with Crippen LogP contribution in [0.25, 0.3) is 0 Å². The summed E-state index contributed by atoms with van der Waals surface area (Å²) in [7, 11) is 2.68. The number of fused-ring (bicyclic) bond motifs is 1. The van der Waals surface area contributed by atoms with E-state index < -0.39 is 0 Å². The second-order valence-corrected chi connectivity index (χ2v) is 9.45. The van der Waals surface area contributed by atoms with Gasteiger partial charge in [0.25, 0.3) is 0 Å². The lowest BCUT2D eigenvalue weighted by molar-refractivity contribution is -0.697. The standard InChI is InChI=1S/C21H23N5O2PS/c1-21(29)14-18-26(24-23-21)22-20(30-18)17-9-12-25(13-10-17)11-5-8-19(27)28-15-16-6-3-2-4-7-16/h2-4,6-7,9-10,12-14H,5,8,11,15,29H2,1H3/q+1. The predicted octanol–water partition coefficient (Wildman–Crippen LogP) is 4.02. The second kappa shape index (κ2) is 9.06. The van der Waals surface area contributed by atoms with Crippen molar-refractivity contribution in [3.63, 3.8) is 0 Å². The molecule has 0 bridgehead atoms. The van der Waals surface area contributed by atoms with E-state index in [-0.39, 0.29) is 11.2 Å². The average Bonchev–Trinajstić information content (AvgIpc) is 3.15. The van der Waals surface area contributed by atoms with Crippen molar-refractivity contribution >= 4 is 32.0 Å². The van der Waals surface area contributed by atoms with Gasteiger partial charge in [-0.1, -0.05) is 30.3 Å². The molecule has 4 rings (SSSR count). The van der Waals surface area contributed by atoms with Crippen molar-refractivity contribution < 1.29 is 14.1 Å². The van der Waals surface area contributed by atoms with Gasteiger partial charge in [-0.3, -0.25) is 4.79 Å². The first-order valence-corrected chi connectivity index (χ1v) is 11.1. The fourth-order valence-corrected chi connectivity index (χ4v) is 4.30. The van der Waals surface area contributed by atoms with Gasteiger partial charge in [-0.05, 0) is 35.5 Å². The maximum absolute atomic E-state index is 11.9. The van der Waals surface area contributed by atoms with Crippen molar-refractivity contribution in [2.45, 2.75) is 38.2 Å². The van der Waals surface area contributed by atoms with Gasteiger partial charge in [0.05, 0.1) is 6.42 Å². The minimum atomic E-state index is -0.383. The van der Waals surface area contributed by atoms with E-state index in [9.17, 15) is 4.79 Å². The lowest BCUT2D eigenvalue weighted by Crippen LogP contribution is -2.33. The van der Waals surface area contributed by atoms with Gasteiger partial charge in [0, 0.05) is 24.1 Å². The molecule has 2 aromatic rings. The highest BCUT2D eigenvalue weighted by Crippen LogP contribution is 2.40. The van der Waals surface area contributed by atoms with E-state index in [1.165, 1.54) is 0 Å². The zero-order chi connectivity index (χ0) is 21.0. The third-order valence-corrected chi connectivity index (χ3v) is 5.81. The summed E-state index contributed by atoms with van der Waals surface area (Å²) in [4.78, 5) is 11.9. The number of carbonyl (C=O) groups excluding carboxylic acids is 1. The van der Waals surface area contributed by atoms with Crippen molar-refractivity contribution in [1.29, 1.82) is 0 Å². The molecule has 0 aliphatic carbocycles. The average molecular weight is 440 g/mol. The van der Waals surface area contributed by atoms with E-state index in [0.717, 1.165) is 34.2 Å². The summed E-state index contributed by atoms with van der Waals surface area (Å²) in [6.45, 7) is 3.05. The molecule has 9 heteroatoms. The van der Waals surface area contributed by atoms with Gasteiger partial charge >= 0.3 is 5.97 Å². The third kappa shape index (κ3) is 5.32. The van der Waals surface area contributed by atoms with Crippen LogP contribution in [0.4, 0.5) is 0 Å². The highest BCUT2D eigenvalue weighted by Gasteiger charge is 2.30. The van der Waals surface area contributed by atoms with Gasteiger partial charge in [-0.25, -0.2) is 4.57 Å². The highest BCUT2D eigenvalue weighted by molar-refractivity contribution is 8.17. The van der Waals surface area contributed by atoms with Crippen molar-refractivity contribution in [2.24, 2.45) is 15.4 Å². The van der Waals surface area contributed by atoms with Gasteiger partial charge in [0.15, 0.2) is 12.4 Å². The molecule has 2 aliphatic rings. The van der Waals surface area contributed by atoms with Crippen molar-refractivity contribution in [2.75, 3.05) is 0 Å². The Morgan fingerprint density at radius 2 is 2.00 bits per heavy atom. The summed E-state index contributed by atoms with van der Waals surface area (Å²) in [5.74, 6) is -0.173. The number of hydrazone groups is 1. The van der Waals surface area contributed by atoms with E-state index in [1.54, 1.807) is 16.9 Å². The normalized spacial score (nSPS) is 19.9. The number of carbonyl (C=O) groups is 1. The molecule has 2 unspecified atom stereocenters. The van der Waals surface area contributed by atoms with Crippen molar-refractivity contribution in [3.8, 4) is 0 Å². The summed E-state index contributed by atoms with van der Waals surface area (Å²) >= 11 is 1.58. The monoisotopic (exact) mass is 440 g/mol. The molecule has 0 spiro atoms. The molecule has 0 radical (unpaired) electrons. The molecule has 0 fully saturated rings. The second-order valence-electron chi connectivity index (χ2n) is 7.27. The van der Waals surface area contributed by atoms with Crippen LogP contribution in [-0.4, -0.2) is 21.4 Å². The fraction of sp³-hybridized carbons (Fsp3) is 0.286. The number of pyridine rings is 1. The molecular formula is C21H23N5O2PS+. The lowest BCUT2D eigenvalue weighted by Gasteiger charge is -2.20. The summed E-state index contributed by atoms with van der Waals surface area (Å²) in [5, 5.41) is 15.9. The first-order valence-electron chi connectivity index (χ1n) is 9.69. The Bertz CT molecular complexity index is 1010. The molecule has 0 N–H and O–H groups in total. The number of aryl methyl sites for hydroxylation is 1. The molecule has 30 heavy (non-hydrogen) atoms. The van der Waals surface area contributed by atoms with Crippen LogP contribution in [0.5, 0.6) is 0 Å². The molecule has 1 aromatic heterocycles. The maximum atomic E-state index is 11.9. The van der Waals surface area contributed by atoms with Gasteiger partial charge < -0.3 is 4.74 Å². The number of benzene rings is 1. The summed E-state index contributed by atoms with van der Waals surface area (Å²) in [5.41, 5.74) is 2.02. The summed E-state index contributed by atoms with van der Waals surface area (Å²) in [6.07, 6.45) is 7.15. The van der Waals surface area contributed by atoms with Crippen LogP contribution in [0.1, 0.15) is 30.9 Å². The van der Waals surface area contributed by atoms with Crippen LogP contribution in [0.2, 0.25) is 0 Å². The van der Waals surface area contributed by atoms with E-state index in [2.05, 4.69) is 29.2 Å². The molecule has 0 saturated carbocycles. The molecule has 0 saturated heterocycles. The molecule has 2 aliphatic heterocycles. The third-order valence-electron chi connectivity index (χ3n) is 4.52. The van der Waals surface area contributed by atoms with Crippen molar-refractivity contribution in [1.82, 2.24) is 5.12 Å². The molecule has 0 amide bonds. The molecular weight excluding hydrogens is 417 g/mol. The summed E-state index contributed by atoms with van der Waals surface area (Å²) < 4.78 is 7.37. The van der Waals surface area contributed by atoms with E-state index in [0.29, 0.717) is 13.0 Å². The zero-order valence-corrected chi connectivity index (χ0v) is 18.6. The van der Waals surface area contributed by atoms with Crippen LogP contribution in [0, 0.1) is 0 Å². The van der Waals surface area contributed by atoms with E-state index in [1.807, 2.05) is 67.9 Å². The number of hydrogen-bond acceptors (Lipinski definition) is 7. The first kappa shape index (κ1) is 20.7. The van der Waals surface area contributed by atoms with Gasteiger partial charge in [0.1, 0.15) is 28.5 Å². The van der Waals surface area contributed by atoms with Crippen LogP contribution in [0.15, 0.2) is 81.4 Å². The Hall–Kier alpha value is -2.57. The Balaban J connectivity index is 1.25. The molecule has 3 heterocycles. The summed E-state index contributed by atoms with van der Waals surface area (Å²) in [6, 6.07) is 13.8. The molecule has 7 nitrogen and oxygen atoms in total. The number of esters is 1. The lowest BCUT2D eigenvalue weighted by atomic mass is 10.2. The zero-order valence-electron chi connectivity index (χ0n) is 16.6. The Morgan fingerprint density at radius 1 is 1.23 bits per heavy atom. The molecule has 1 aromatic carbocycles. The largest absolute Gasteiger partial charge is 0.461 e. The number of nitrogens with zero attached hydrogens (tertiary/aromatic N) is 5. The van der Waals surface area contributed by atoms with Crippen molar-refractivity contribution in [3.05, 3.63) is 77.1 Å². The Morgan fingerprint density at radius 3 is 2.77 bits per heavy atom. The first-order chi connectivity index (χ1) is 14.5. The maximum Gasteiger partial charge on any atom is 0.306 e. The van der Waals surface area contributed by atoms with E-state index >= 15 is 0 Å². The fourth-order valence-electron chi connectivity index (χ4n) is 2.95. The number of aromatic nitrogens is 1. The molecule has 154 valence electrons. The number of ether oxygens (including phenoxy) is 1. The number of rotatable bonds is 7.